The molecule has 0 bridgehead atoms. The number of hydrogen-bond acceptors (Lipinski definition) is 7. The molecule has 3 heterocycles. The van der Waals surface area contributed by atoms with E-state index < -0.39 is 0 Å². The largest absolute Gasteiger partial charge is 0.355 e. The molecule has 0 saturated carbocycles. The van der Waals surface area contributed by atoms with Gasteiger partial charge < -0.3 is 9.80 Å². The second-order valence-electron chi connectivity index (χ2n) is 7.88. The summed E-state index contributed by atoms with van der Waals surface area (Å²) in [5.74, 6) is 0.691. The zero-order chi connectivity index (χ0) is 22.7. The number of carbonyl (C=O) groups excluding carboxylic acids is 1. The van der Waals surface area contributed by atoms with E-state index in [1.54, 1.807) is 16.4 Å². The number of thiocarbonyl (C=S) groups is 1. The van der Waals surface area contributed by atoms with Gasteiger partial charge in [-0.25, -0.2) is 0 Å². The number of pyridine rings is 1. The van der Waals surface area contributed by atoms with Crippen LogP contribution in [0.3, 0.4) is 0 Å². The van der Waals surface area contributed by atoms with Gasteiger partial charge in [-0.1, -0.05) is 37.3 Å². The van der Waals surface area contributed by atoms with Gasteiger partial charge in [0.1, 0.15) is 21.8 Å². The SMILES string of the molecule is CCCCN1C(=O)/C(=C/c2c(C)c(C#N)c(=O)n(CC)c2N2CCN(C)CC2)SC1=S. The van der Waals surface area contributed by atoms with Gasteiger partial charge in [-0.15, -0.1) is 0 Å². The Morgan fingerprint density at radius 2 is 1.87 bits per heavy atom. The molecule has 31 heavy (non-hydrogen) atoms. The second kappa shape index (κ2) is 9.98. The fraction of sp³-hybridized carbons (Fsp3) is 0.545. The van der Waals surface area contributed by atoms with E-state index in [1.807, 2.05) is 13.0 Å². The first-order chi connectivity index (χ1) is 14.8. The van der Waals surface area contributed by atoms with Crippen molar-refractivity contribution in [2.75, 3.05) is 44.7 Å². The summed E-state index contributed by atoms with van der Waals surface area (Å²) in [4.78, 5) is 32.7. The molecule has 9 heteroatoms. The molecule has 0 aromatic carbocycles. The summed E-state index contributed by atoms with van der Waals surface area (Å²) in [6.07, 6.45) is 3.71. The molecule has 0 aliphatic carbocycles. The van der Waals surface area contributed by atoms with Crippen molar-refractivity contribution in [1.82, 2.24) is 14.4 Å². The van der Waals surface area contributed by atoms with Gasteiger partial charge in [0.25, 0.3) is 11.5 Å². The number of hydrogen-bond donors (Lipinski definition) is 0. The van der Waals surface area contributed by atoms with Crippen LogP contribution in [0, 0.1) is 18.3 Å². The average molecular weight is 460 g/mol. The molecule has 0 N–H and O–H groups in total. The Hall–Kier alpha value is -2.15. The number of likely N-dealkylation sites (N-methyl/N-ethyl adjacent to an activating group) is 1. The number of carbonyl (C=O) groups is 1. The van der Waals surface area contributed by atoms with Crippen molar-refractivity contribution in [2.24, 2.45) is 0 Å². The highest BCUT2D eigenvalue weighted by molar-refractivity contribution is 8.26. The summed E-state index contributed by atoms with van der Waals surface area (Å²) >= 11 is 6.74. The predicted molar refractivity (Wildman–Crippen MR) is 130 cm³/mol. The Bertz CT molecular complexity index is 1020. The molecule has 0 unspecified atom stereocenters. The van der Waals surface area contributed by atoms with Crippen LogP contribution in [-0.2, 0) is 11.3 Å². The van der Waals surface area contributed by atoms with E-state index in [2.05, 4.69) is 29.8 Å². The topological polar surface area (TPSA) is 72.6 Å². The number of nitrogens with zero attached hydrogens (tertiary/aromatic N) is 5. The maximum atomic E-state index is 13.0. The molecule has 0 radical (unpaired) electrons. The maximum Gasteiger partial charge on any atom is 0.270 e. The molecule has 0 atom stereocenters. The summed E-state index contributed by atoms with van der Waals surface area (Å²) in [7, 11) is 2.08. The fourth-order valence-corrected chi connectivity index (χ4v) is 5.23. The molecule has 2 aliphatic rings. The molecular weight excluding hydrogens is 430 g/mol. The van der Waals surface area contributed by atoms with E-state index in [0.29, 0.717) is 27.9 Å². The smallest absolute Gasteiger partial charge is 0.270 e. The summed E-state index contributed by atoms with van der Waals surface area (Å²) in [5.41, 5.74) is 1.24. The van der Waals surface area contributed by atoms with Crippen molar-refractivity contribution in [3.05, 3.63) is 31.9 Å². The van der Waals surface area contributed by atoms with Crippen molar-refractivity contribution in [1.29, 1.82) is 5.26 Å². The number of piperazine rings is 1. The number of amides is 1. The van der Waals surface area contributed by atoms with Crippen molar-refractivity contribution in [3.63, 3.8) is 0 Å². The lowest BCUT2D eigenvalue weighted by atomic mass is 10.0. The van der Waals surface area contributed by atoms with Gasteiger partial charge in [-0.3, -0.25) is 19.1 Å². The number of anilines is 1. The lowest BCUT2D eigenvalue weighted by Crippen LogP contribution is -2.47. The van der Waals surface area contributed by atoms with Crippen molar-refractivity contribution >= 4 is 46.1 Å². The highest BCUT2D eigenvalue weighted by atomic mass is 32.2. The van der Waals surface area contributed by atoms with Crippen LogP contribution in [0.2, 0.25) is 0 Å². The van der Waals surface area contributed by atoms with Crippen molar-refractivity contribution in [3.8, 4) is 6.07 Å². The summed E-state index contributed by atoms with van der Waals surface area (Å²) < 4.78 is 2.23. The van der Waals surface area contributed by atoms with E-state index >= 15 is 0 Å². The van der Waals surface area contributed by atoms with Gasteiger partial charge in [-0.05, 0) is 39.0 Å². The Morgan fingerprint density at radius 3 is 2.45 bits per heavy atom. The van der Waals surface area contributed by atoms with Crippen LogP contribution >= 0.6 is 24.0 Å². The quantitative estimate of drug-likeness (QED) is 0.478. The second-order valence-corrected chi connectivity index (χ2v) is 9.55. The van der Waals surface area contributed by atoms with Gasteiger partial charge in [0, 0.05) is 44.8 Å². The molecule has 3 rings (SSSR count). The maximum absolute atomic E-state index is 13.0. The minimum absolute atomic E-state index is 0.0973. The molecule has 1 aromatic heterocycles. The monoisotopic (exact) mass is 459 g/mol. The van der Waals surface area contributed by atoms with E-state index in [9.17, 15) is 14.9 Å². The zero-order valence-electron chi connectivity index (χ0n) is 18.6. The minimum atomic E-state index is -0.274. The van der Waals surface area contributed by atoms with Crippen LogP contribution in [-0.4, -0.2) is 64.4 Å². The molecule has 2 saturated heterocycles. The first kappa shape index (κ1) is 23.5. The van der Waals surface area contributed by atoms with Crippen LogP contribution in [0.25, 0.3) is 6.08 Å². The van der Waals surface area contributed by atoms with Crippen LogP contribution < -0.4 is 10.5 Å². The first-order valence-corrected chi connectivity index (χ1v) is 11.9. The zero-order valence-corrected chi connectivity index (χ0v) is 20.2. The van der Waals surface area contributed by atoms with Crippen LogP contribution in [0.4, 0.5) is 5.82 Å². The molecular formula is C22H29N5O2S2. The first-order valence-electron chi connectivity index (χ1n) is 10.7. The number of unbranched alkanes of at least 4 members (excludes halogenated alkanes) is 1. The standard InChI is InChI=1S/C22H29N5O2S2/c1-5-7-8-27-21(29)18(31-22(27)30)13-16-15(3)17(14-23)20(28)26(6-2)19(16)25-11-9-24(4)10-12-25/h13H,5-12H2,1-4H3/b18-13-. The lowest BCUT2D eigenvalue weighted by molar-refractivity contribution is -0.122. The van der Waals surface area contributed by atoms with E-state index in [-0.39, 0.29) is 17.0 Å². The van der Waals surface area contributed by atoms with Crippen molar-refractivity contribution in [2.45, 2.75) is 40.2 Å². The van der Waals surface area contributed by atoms with Crippen molar-refractivity contribution < 1.29 is 4.79 Å². The van der Waals surface area contributed by atoms with E-state index in [4.69, 9.17) is 12.2 Å². The van der Waals surface area contributed by atoms with Crippen LogP contribution in [0.1, 0.15) is 43.4 Å². The normalized spacial score (nSPS) is 18.9. The van der Waals surface area contributed by atoms with E-state index in [1.165, 1.54) is 11.8 Å². The minimum Gasteiger partial charge on any atom is -0.355 e. The van der Waals surface area contributed by atoms with Gasteiger partial charge in [0.2, 0.25) is 0 Å². The predicted octanol–water partition coefficient (Wildman–Crippen LogP) is 2.80. The molecule has 2 fully saturated rings. The number of aromatic nitrogens is 1. The average Bonchev–Trinajstić information content (AvgIpc) is 3.02. The third-order valence-electron chi connectivity index (χ3n) is 5.85. The molecule has 7 nitrogen and oxygen atoms in total. The molecule has 166 valence electrons. The third kappa shape index (κ3) is 4.56. The molecule has 1 aromatic rings. The van der Waals surface area contributed by atoms with E-state index in [0.717, 1.165) is 50.4 Å². The van der Waals surface area contributed by atoms with Gasteiger partial charge in [0.05, 0.1) is 4.91 Å². The molecule has 1 amide bonds. The summed E-state index contributed by atoms with van der Waals surface area (Å²) in [6, 6.07) is 2.08. The van der Waals surface area contributed by atoms with Crippen LogP contribution in [0.15, 0.2) is 9.70 Å². The Kier molecular flexibility index (Phi) is 7.57. The third-order valence-corrected chi connectivity index (χ3v) is 7.23. The fourth-order valence-electron chi connectivity index (χ4n) is 3.94. The summed E-state index contributed by atoms with van der Waals surface area (Å²) in [6.45, 7) is 10.2. The van der Waals surface area contributed by atoms with Gasteiger partial charge in [0.15, 0.2) is 0 Å². The Labute approximate surface area is 193 Å². The molecule has 0 spiro atoms. The number of rotatable bonds is 6. The van der Waals surface area contributed by atoms with Crippen LogP contribution in [0.5, 0.6) is 0 Å². The lowest BCUT2D eigenvalue weighted by Gasteiger charge is -2.36. The highest BCUT2D eigenvalue weighted by Gasteiger charge is 2.33. The Morgan fingerprint density at radius 1 is 1.19 bits per heavy atom. The van der Waals surface area contributed by atoms with Gasteiger partial charge in [-0.2, -0.15) is 5.26 Å². The Balaban J connectivity index is 2.16. The number of nitriles is 1. The molecule has 2 aliphatic heterocycles. The summed E-state index contributed by atoms with van der Waals surface area (Å²) in [5, 5.41) is 9.67. The highest BCUT2D eigenvalue weighted by Crippen LogP contribution is 2.36. The number of thioether (sulfide) groups is 1. The van der Waals surface area contributed by atoms with Gasteiger partial charge >= 0.3 is 0 Å².